The zero-order valence-corrected chi connectivity index (χ0v) is 22.8. The molecule has 0 aliphatic rings. The molecule has 0 amide bonds. The summed E-state index contributed by atoms with van der Waals surface area (Å²) in [6.45, 7) is 6.59. The third kappa shape index (κ3) is 5.41. The molecule has 1 unspecified atom stereocenters. The number of ketones is 1. The van der Waals surface area contributed by atoms with Gasteiger partial charge in [-0.05, 0) is 72.0 Å². The van der Waals surface area contributed by atoms with E-state index in [1.807, 2.05) is 41.8 Å². The number of aromatic nitrogens is 2. The van der Waals surface area contributed by atoms with E-state index < -0.39 is 5.97 Å². The average Bonchev–Trinajstić information content (AvgIpc) is 3.50. The highest BCUT2D eigenvalue weighted by Gasteiger charge is 2.20. The molecule has 5 rings (SSSR count). The first-order valence-corrected chi connectivity index (χ1v) is 13.9. The van der Waals surface area contributed by atoms with Crippen molar-refractivity contribution in [1.29, 1.82) is 0 Å². The van der Waals surface area contributed by atoms with Gasteiger partial charge in [-0.2, -0.15) is 5.10 Å². The smallest absolute Gasteiger partial charge is 0.303 e. The SMILES string of the molecule is Cc1cc2c(cnn2C(CC(C)C)c2ccc(C(=O)CCCC(=O)O)cc2)cc1-c1cc2ccccc2s1. The van der Waals surface area contributed by atoms with Crippen molar-refractivity contribution in [3.63, 3.8) is 0 Å². The van der Waals surface area contributed by atoms with Crippen LogP contribution in [-0.4, -0.2) is 26.6 Å². The number of carboxylic acids is 1. The predicted molar refractivity (Wildman–Crippen MR) is 155 cm³/mol. The lowest BCUT2D eigenvalue weighted by molar-refractivity contribution is -0.137. The zero-order valence-electron chi connectivity index (χ0n) is 22.0. The van der Waals surface area contributed by atoms with Gasteiger partial charge >= 0.3 is 5.97 Å². The topological polar surface area (TPSA) is 72.2 Å². The van der Waals surface area contributed by atoms with Crippen LogP contribution >= 0.6 is 11.3 Å². The first-order chi connectivity index (χ1) is 18.3. The number of carbonyl (C=O) groups excluding carboxylic acids is 1. The largest absolute Gasteiger partial charge is 0.481 e. The van der Waals surface area contributed by atoms with Crippen LogP contribution in [0.3, 0.4) is 0 Å². The highest BCUT2D eigenvalue weighted by atomic mass is 32.1. The first-order valence-electron chi connectivity index (χ1n) is 13.1. The molecule has 2 heterocycles. The number of nitrogens with zero attached hydrogens (tertiary/aromatic N) is 2. The normalized spacial score (nSPS) is 12.4. The van der Waals surface area contributed by atoms with Crippen LogP contribution in [0, 0.1) is 12.8 Å². The van der Waals surface area contributed by atoms with Crippen LogP contribution in [-0.2, 0) is 4.79 Å². The van der Waals surface area contributed by atoms with Gasteiger partial charge in [-0.25, -0.2) is 0 Å². The summed E-state index contributed by atoms with van der Waals surface area (Å²) in [6, 6.07) is 23.1. The standard InChI is InChI=1S/C32H32N2O3S/c1-20(2)15-27(22-11-13-23(14-12-22)29(35)8-6-10-32(36)37)34-28-16-21(3)26(17-25(28)19-33-34)31-18-24-7-4-5-9-30(24)38-31/h4-5,7,9,11-14,16-20,27H,6,8,10,15H2,1-3H3,(H,36,37). The summed E-state index contributed by atoms with van der Waals surface area (Å²) in [5, 5.41) is 16.1. The lowest BCUT2D eigenvalue weighted by Gasteiger charge is -2.22. The van der Waals surface area contributed by atoms with E-state index in [4.69, 9.17) is 10.2 Å². The van der Waals surface area contributed by atoms with Gasteiger partial charge in [0, 0.05) is 33.4 Å². The van der Waals surface area contributed by atoms with Crippen LogP contribution in [0.25, 0.3) is 31.4 Å². The average molecular weight is 525 g/mol. The molecule has 1 atom stereocenters. The second-order valence-electron chi connectivity index (χ2n) is 10.4. The summed E-state index contributed by atoms with van der Waals surface area (Å²) in [5.74, 6) is -0.440. The number of hydrogen-bond acceptors (Lipinski definition) is 4. The second kappa shape index (κ2) is 10.9. The van der Waals surface area contributed by atoms with Gasteiger partial charge in [0.05, 0.1) is 17.8 Å². The number of aryl methyl sites for hydroxylation is 1. The van der Waals surface area contributed by atoms with E-state index in [1.165, 1.54) is 26.1 Å². The van der Waals surface area contributed by atoms with Crippen LogP contribution in [0.2, 0.25) is 0 Å². The van der Waals surface area contributed by atoms with E-state index in [-0.39, 0.29) is 24.7 Å². The molecule has 0 spiro atoms. The van der Waals surface area contributed by atoms with Crippen LogP contribution in [0.5, 0.6) is 0 Å². The Morgan fingerprint density at radius 1 is 0.974 bits per heavy atom. The maximum absolute atomic E-state index is 12.5. The second-order valence-corrected chi connectivity index (χ2v) is 11.5. The quantitative estimate of drug-likeness (QED) is 0.187. The molecule has 194 valence electrons. The van der Waals surface area contributed by atoms with Gasteiger partial charge in [0.25, 0.3) is 0 Å². The van der Waals surface area contributed by atoms with Crippen molar-refractivity contribution >= 4 is 44.1 Å². The summed E-state index contributed by atoms with van der Waals surface area (Å²) in [4.78, 5) is 24.5. The Kier molecular flexibility index (Phi) is 7.43. The van der Waals surface area contributed by atoms with E-state index in [0.29, 0.717) is 17.9 Å². The number of Topliss-reactive ketones (excluding diaryl/α,β-unsaturated/α-hetero) is 1. The molecule has 0 saturated heterocycles. The predicted octanol–water partition coefficient (Wildman–Crippen LogP) is 8.30. The molecule has 0 aliphatic heterocycles. The van der Waals surface area contributed by atoms with E-state index in [2.05, 4.69) is 67.9 Å². The summed E-state index contributed by atoms with van der Waals surface area (Å²) in [6.07, 6.45) is 3.48. The molecule has 38 heavy (non-hydrogen) atoms. The summed E-state index contributed by atoms with van der Waals surface area (Å²) in [7, 11) is 0. The van der Waals surface area contributed by atoms with E-state index in [1.54, 1.807) is 0 Å². The van der Waals surface area contributed by atoms with E-state index in [9.17, 15) is 9.59 Å². The maximum Gasteiger partial charge on any atom is 0.303 e. The molecule has 2 aromatic heterocycles. The minimum atomic E-state index is -0.873. The van der Waals surface area contributed by atoms with Crippen molar-refractivity contribution in [3.05, 3.63) is 89.6 Å². The molecule has 1 N–H and O–H groups in total. The molecule has 5 nitrogen and oxygen atoms in total. The number of carboxylic acid groups (broad SMARTS) is 1. The lowest BCUT2D eigenvalue weighted by Crippen LogP contribution is -2.15. The Hall–Kier alpha value is -3.77. The number of thiophene rings is 1. The molecule has 5 aromatic rings. The fourth-order valence-electron chi connectivity index (χ4n) is 5.09. The molecule has 0 aliphatic carbocycles. The third-order valence-electron chi connectivity index (χ3n) is 7.03. The molecular formula is C32H32N2O3S. The monoisotopic (exact) mass is 524 g/mol. The zero-order chi connectivity index (χ0) is 26.8. The van der Waals surface area contributed by atoms with Crippen LogP contribution in [0.1, 0.15) is 67.1 Å². The van der Waals surface area contributed by atoms with Crippen molar-refractivity contribution in [2.75, 3.05) is 0 Å². The van der Waals surface area contributed by atoms with Gasteiger partial charge in [0.2, 0.25) is 0 Å². The molecule has 0 saturated carbocycles. The van der Waals surface area contributed by atoms with Crippen molar-refractivity contribution in [2.24, 2.45) is 5.92 Å². The molecule has 3 aromatic carbocycles. The van der Waals surface area contributed by atoms with Gasteiger partial charge in [-0.15, -0.1) is 11.3 Å². The van der Waals surface area contributed by atoms with Gasteiger partial charge in [0.1, 0.15) is 0 Å². The van der Waals surface area contributed by atoms with Crippen molar-refractivity contribution in [3.8, 4) is 10.4 Å². The van der Waals surface area contributed by atoms with Gasteiger partial charge in [-0.1, -0.05) is 56.3 Å². The first kappa shape index (κ1) is 25.9. The summed E-state index contributed by atoms with van der Waals surface area (Å²) < 4.78 is 3.42. The molecule has 0 fully saturated rings. The Morgan fingerprint density at radius 3 is 2.45 bits per heavy atom. The van der Waals surface area contributed by atoms with Crippen molar-refractivity contribution < 1.29 is 14.7 Å². The molecule has 0 radical (unpaired) electrons. The molecule has 6 heteroatoms. The van der Waals surface area contributed by atoms with Crippen molar-refractivity contribution in [1.82, 2.24) is 9.78 Å². The van der Waals surface area contributed by atoms with Gasteiger partial charge < -0.3 is 5.11 Å². The number of rotatable bonds is 10. The fourth-order valence-corrected chi connectivity index (χ4v) is 6.23. The summed E-state index contributed by atoms with van der Waals surface area (Å²) >= 11 is 1.82. The highest BCUT2D eigenvalue weighted by Crippen LogP contribution is 2.38. The Balaban J connectivity index is 1.46. The number of carbonyl (C=O) groups is 2. The lowest BCUT2D eigenvalue weighted by atomic mass is 9.95. The Bertz CT molecular complexity index is 1580. The number of aliphatic carboxylic acids is 1. The van der Waals surface area contributed by atoms with Crippen molar-refractivity contribution in [2.45, 2.75) is 52.5 Å². The number of fused-ring (bicyclic) bond motifs is 2. The van der Waals surface area contributed by atoms with Gasteiger partial charge in [0.15, 0.2) is 5.78 Å². The number of hydrogen-bond donors (Lipinski definition) is 1. The summed E-state index contributed by atoms with van der Waals surface area (Å²) in [5.41, 5.74) is 5.29. The Morgan fingerprint density at radius 2 is 1.74 bits per heavy atom. The molecular weight excluding hydrogens is 492 g/mol. The third-order valence-corrected chi connectivity index (χ3v) is 8.18. The minimum Gasteiger partial charge on any atom is -0.481 e. The highest BCUT2D eigenvalue weighted by molar-refractivity contribution is 7.22. The Labute approximate surface area is 226 Å². The van der Waals surface area contributed by atoms with E-state index >= 15 is 0 Å². The van der Waals surface area contributed by atoms with Gasteiger partial charge in [-0.3, -0.25) is 14.3 Å². The minimum absolute atomic E-state index is 0.0106. The van der Waals surface area contributed by atoms with Crippen LogP contribution in [0.4, 0.5) is 0 Å². The fraction of sp³-hybridized carbons (Fsp3) is 0.281. The van der Waals surface area contributed by atoms with E-state index in [0.717, 1.165) is 22.9 Å². The molecule has 0 bridgehead atoms. The maximum atomic E-state index is 12.5. The van der Waals surface area contributed by atoms with Crippen LogP contribution < -0.4 is 0 Å². The van der Waals surface area contributed by atoms with Crippen LogP contribution in [0.15, 0.2) is 72.9 Å². The number of benzene rings is 3.